The van der Waals surface area contributed by atoms with Crippen molar-refractivity contribution in [2.75, 3.05) is 27.9 Å². The molecular weight excluding hydrogens is 336 g/mol. The lowest BCUT2D eigenvalue weighted by atomic mass is 9.84. The molecule has 1 saturated heterocycles. The quantitative estimate of drug-likeness (QED) is 0.794. The number of rotatable bonds is 3. The van der Waals surface area contributed by atoms with Gasteiger partial charge in [0.25, 0.3) is 0 Å². The van der Waals surface area contributed by atoms with Crippen molar-refractivity contribution in [2.24, 2.45) is 5.92 Å². The first-order chi connectivity index (χ1) is 12.5. The molecule has 0 bridgehead atoms. The third kappa shape index (κ3) is 2.57. The first-order valence-corrected chi connectivity index (χ1v) is 8.93. The molecule has 0 unspecified atom stereocenters. The van der Waals surface area contributed by atoms with E-state index in [2.05, 4.69) is 11.4 Å². The number of esters is 2. The highest BCUT2D eigenvalue weighted by Gasteiger charge is 2.51. The van der Waals surface area contributed by atoms with Crippen molar-refractivity contribution in [3.8, 4) is 5.75 Å². The molecule has 4 rings (SSSR count). The van der Waals surface area contributed by atoms with E-state index < -0.39 is 6.04 Å². The van der Waals surface area contributed by atoms with Crippen LogP contribution in [0.5, 0.6) is 5.75 Å². The Morgan fingerprint density at radius 1 is 1.23 bits per heavy atom. The number of benzene rings is 1. The number of hydrogen-bond donors (Lipinski definition) is 1. The van der Waals surface area contributed by atoms with Crippen LogP contribution in [0.2, 0.25) is 0 Å². The molecule has 0 aliphatic carbocycles. The lowest BCUT2D eigenvalue weighted by Crippen LogP contribution is -2.55. The molecule has 7 heteroatoms. The van der Waals surface area contributed by atoms with Crippen molar-refractivity contribution in [1.29, 1.82) is 0 Å². The van der Waals surface area contributed by atoms with Gasteiger partial charge < -0.3 is 19.5 Å². The van der Waals surface area contributed by atoms with Crippen LogP contribution in [0.25, 0.3) is 0 Å². The summed E-state index contributed by atoms with van der Waals surface area (Å²) in [6.07, 6.45) is 1.19. The predicted octanol–water partition coefficient (Wildman–Crippen LogP) is 0.669. The zero-order valence-corrected chi connectivity index (χ0v) is 15.2. The van der Waals surface area contributed by atoms with Crippen molar-refractivity contribution in [3.63, 3.8) is 0 Å². The molecule has 26 heavy (non-hydrogen) atoms. The number of methoxy groups -OCH3 is 2. The van der Waals surface area contributed by atoms with Gasteiger partial charge in [0.05, 0.1) is 26.2 Å². The predicted molar refractivity (Wildman–Crippen MR) is 92.8 cm³/mol. The average Bonchev–Trinajstić information content (AvgIpc) is 3.23. The van der Waals surface area contributed by atoms with Crippen LogP contribution in [0.3, 0.4) is 0 Å². The van der Waals surface area contributed by atoms with E-state index in [4.69, 9.17) is 14.2 Å². The van der Waals surface area contributed by atoms with Crippen LogP contribution in [0.4, 0.5) is 0 Å². The Hall–Kier alpha value is -2.12. The zero-order valence-electron chi connectivity index (χ0n) is 15.2. The Morgan fingerprint density at radius 2 is 2.00 bits per heavy atom. The van der Waals surface area contributed by atoms with Gasteiger partial charge in [0.15, 0.2) is 0 Å². The molecular formula is C19H24N2O5. The van der Waals surface area contributed by atoms with E-state index >= 15 is 0 Å². The summed E-state index contributed by atoms with van der Waals surface area (Å²) >= 11 is 0. The highest BCUT2D eigenvalue weighted by molar-refractivity contribution is 5.80. The number of likely N-dealkylation sites (N-methyl/N-ethyl adjacent to an activating group) is 1. The first-order valence-electron chi connectivity index (χ1n) is 8.93. The Balaban J connectivity index is 1.65. The minimum atomic E-state index is -0.441. The summed E-state index contributed by atoms with van der Waals surface area (Å²) in [6, 6.07) is 5.66. The molecule has 1 fully saturated rings. The van der Waals surface area contributed by atoms with E-state index in [9.17, 15) is 9.59 Å². The molecule has 1 aromatic carbocycles. The van der Waals surface area contributed by atoms with E-state index in [1.165, 1.54) is 25.3 Å². The van der Waals surface area contributed by atoms with Gasteiger partial charge in [-0.25, -0.2) is 0 Å². The fraction of sp³-hybridized carbons (Fsp3) is 0.579. The zero-order chi connectivity index (χ0) is 18.4. The van der Waals surface area contributed by atoms with Gasteiger partial charge in [-0.3, -0.25) is 14.5 Å². The average molecular weight is 360 g/mol. The summed E-state index contributed by atoms with van der Waals surface area (Å²) in [5, 5.41) is 3.64. The minimum absolute atomic E-state index is 0.0215. The van der Waals surface area contributed by atoms with Crippen LogP contribution < -0.4 is 10.1 Å². The second-order valence-electron chi connectivity index (χ2n) is 7.23. The van der Waals surface area contributed by atoms with Crippen LogP contribution >= 0.6 is 0 Å². The van der Waals surface area contributed by atoms with Crippen molar-refractivity contribution in [1.82, 2.24) is 10.2 Å². The van der Waals surface area contributed by atoms with Crippen molar-refractivity contribution in [3.05, 3.63) is 29.3 Å². The molecule has 7 nitrogen and oxygen atoms in total. The monoisotopic (exact) mass is 360 g/mol. The van der Waals surface area contributed by atoms with E-state index in [1.807, 2.05) is 24.1 Å². The van der Waals surface area contributed by atoms with E-state index in [0.717, 1.165) is 12.2 Å². The molecule has 1 aromatic rings. The van der Waals surface area contributed by atoms with Crippen LogP contribution in [-0.4, -0.2) is 62.8 Å². The van der Waals surface area contributed by atoms with E-state index in [0.29, 0.717) is 13.0 Å². The van der Waals surface area contributed by atoms with Crippen LogP contribution in [0, 0.1) is 5.92 Å². The van der Waals surface area contributed by atoms with Gasteiger partial charge in [-0.15, -0.1) is 0 Å². The number of likely N-dealkylation sites (tertiary alicyclic amines) is 1. The van der Waals surface area contributed by atoms with Gasteiger partial charge in [0, 0.05) is 17.6 Å². The lowest BCUT2D eigenvalue weighted by Gasteiger charge is -2.38. The van der Waals surface area contributed by atoms with Crippen molar-refractivity contribution >= 4 is 11.9 Å². The maximum Gasteiger partial charge on any atom is 0.323 e. The minimum Gasteiger partial charge on any atom is -0.491 e. The van der Waals surface area contributed by atoms with Crippen LogP contribution in [-0.2, 0) is 25.5 Å². The molecule has 5 atom stereocenters. The number of nitrogens with zero attached hydrogens (tertiary/aromatic N) is 1. The number of ether oxygens (including phenoxy) is 3. The summed E-state index contributed by atoms with van der Waals surface area (Å²) < 4.78 is 15.8. The highest BCUT2D eigenvalue weighted by atomic mass is 16.5. The molecule has 0 saturated carbocycles. The van der Waals surface area contributed by atoms with Crippen LogP contribution in [0.1, 0.15) is 23.6 Å². The maximum absolute atomic E-state index is 12.4. The molecule has 0 radical (unpaired) electrons. The molecule has 0 spiro atoms. The van der Waals surface area contributed by atoms with Gasteiger partial charge in [-0.2, -0.15) is 0 Å². The molecule has 0 amide bonds. The second kappa shape index (κ2) is 6.55. The summed E-state index contributed by atoms with van der Waals surface area (Å²) in [6.45, 7) is 0.586. The van der Waals surface area contributed by atoms with Crippen LogP contribution in [0.15, 0.2) is 18.2 Å². The number of hydrogen-bond acceptors (Lipinski definition) is 7. The second-order valence-corrected chi connectivity index (χ2v) is 7.23. The van der Waals surface area contributed by atoms with Gasteiger partial charge in [-0.05, 0) is 31.5 Å². The molecule has 3 aliphatic heterocycles. The fourth-order valence-electron chi connectivity index (χ4n) is 4.84. The van der Waals surface area contributed by atoms with E-state index in [-0.39, 0.29) is 36.0 Å². The highest BCUT2D eigenvalue weighted by Crippen LogP contribution is 2.42. The third-order valence-electron chi connectivity index (χ3n) is 6.01. The number of carbonyl (C=O) groups is 2. The Kier molecular flexibility index (Phi) is 4.36. The summed E-state index contributed by atoms with van der Waals surface area (Å²) in [5.41, 5.74) is 2.47. The molecule has 1 N–H and O–H groups in total. The Morgan fingerprint density at radius 3 is 2.73 bits per heavy atom. The molecule has 140 valence electrons. The van der Waals surface area contributed by atoms with Gasteiger partial charge >= 0.3 is 11.9 Å². The van der Waals surface area contributed by atoms with E-state index in [1.54, 1.807) is 0 Å². The normalized spacial score (nSPS) is 32.7. The summed E-state index contributed by atoms with van der Waals surface area (Å²) in [7, 11) is 4.66. The third-order valence-corrected chi connectivity index (χ3v) is 6.01. The van der Waals surface area contributed by atoms with Crippen molar-refractivity contribution in [2.45, 2.75) is 37.0 Å². The standard InChI is InChI=1S/C19H24N2O5/c1-21-14(19(23)25-3)8-11(18(22)24-2)17(21)12-7-10-5-4-6-15-16(10)13(20-12)9-26-15/h4-6,11-14,17,20H,7-9H2,1-3H3/t11-,12+,13+,14+,17-/m1/s1. The SMILES string of the molecule is COC(=O)[C@@H]1C[C@@H](C(=O)OC)N(C)[C@H]1[C@@H]1Cc2cccc3c2[C@H](CO3)N1. The molecule has 0 aromatic heterocycles. The topological polar surface area (TPSA) is 77.1 Å². The molecule has 3 aliphatic rings. The first kappa shape index (κ1) is 17.3. The number of nitrogens with one attached hydrogen (secondary N) is 1. The Labute approximate surface area is 152 Å². The fourth-order valence-corrected chi connectivity index (χ4v) is 4.84. The summed E-state index contributed by atoms with van der Waals surface area (Å²) in [4.78, 5) is 26.6. The smallest absolute Gasteiger partial charge is 0.323 e. The van der Waals surface area contributed by atoms with Gasteiger partial charge in [0.2, 0.25) is 0 Å². The van der Waals surface area contributed by atoms with Gasteiger partial charge in [-0.1, -0.05) is 12.1 Å². The lowest BCUT2D eigenvalue weighted by molar-refractivity contribution is -0.146. The summed E-state index contributed by atoms with van der Waals surface area (Å²) in [5.74, 6) is -0.0299. The number of carbonyl (C=O) groups excluding carboxylic acids is 2. The maximum atomic E-state index is 12.4. The van der Waals surface area contributed by atoms with Crippen molar-refractivity contribution < 1.29 is 23.8 Å². The van der Waals surface area contributed by atoms with Gasteiger partial charge in [0.1, 0.15) is 18.4 Å². The Bertz CT molecular complexity index is 737. The molecule has 3 heterocycles. The largest absolute Gasteiger partial charge is 0.491 e.